The second-order valence-electron chi connectivity index (χ2n) is 6.36. The van der Waals surface area contributed by atoms with Crippen molar-refractivity contribution >= 4 is 5.78 Å². The van der Waals surface area contributed by atoms with Gasteiger partial charge in [0.25, 0.3) is 5.56 Å². The number of aromatic nitrogens is 3. The van der Waals surface area contributed by atoms with E-state index in [1.807, 2.05) is 0 Å². The molecule has 146 valence electrons. The highest BCUT2D eigenvalue weighted by molar-refractivity contribution is 5.96. The lowest BCUT2D eigenvalue weighted by atomic mass is 10.0. The first-order valence-corrected chi connectivity index (χ1v) is 8.61. The van der Waals surface area contributed by atoms with E-state index in [2.05, 4.69) is 5.10 Å². The molecule has 1 aromatic carbocycles. The van der Waals surface area contributed by atoms with Gasteiger partial charge in [-0.3, -0.25) is 18.8 Å². The van der Waals surface area contributed by atoms with Gasteiger partial charge in [-0.2, -0.15) is 18.3 Å². The van der Waals surface area contributed by atoms with Crippen LogP contribution in [0.4, 0.5) is 13.2 Å². The van der Waals surface area contributed by atoms with Crippen LogP contribution in [0.3, 0.4) is 0 Å². The Morgan fingerprint density at radius 2 is 1.89 bits per heavy atom. The molecule has 2 aromatic heterocycles. The Balaban J connectivity index is 2.37. The van der Waals surface area contributed by atoms with E-state index < -0.39 is 17.3 Å². The summed E-state index contributed by atoms with van der Waals surface area (Å²) < 4.78 is 42.2. The predicted octanol–water partition coefficient (Wildman–Crippen LogP) is 4.16. The van der Waals surface area contributed by atoms with Crippen LogP contribution in [-0.4, -0.2) is 20.1 Å². The number of aryl methyl sites for hydroxylation is 1. The Hall–Kier alpha value is -3.16. The number of benzene rings is 1. The third-order valence-electron chi connectivity index (χ3n) is 4.60. The van der Waals surface area contributed by atoms with Gasteiger partial charge in [-0.15, -0.1) is 0 Å². The van der Waals surface area contributed by atoms with E-state index in [1.54, 1.807) is 37.8 Å². The number of rotatable bonds is 4. The summed E-state index contributed by atoms with van der Waals surface area (Å²) in [5.74, 6) is -0.380. The van der Waals surface area contributed by atoms with E-state index in [1.165, 1.54) is 18.2 Å². The van der Waals surface area contributed by atoms with Crippen LogP contribution >= 0.6 is 0 Å². The number of hydrogen-bond acceptors (Lipinski definition) is 3. The average molecular weight is 389 g/mol. The van der Waals surface area contributed by atoms with E-state index in [0.29, 0.717) is 17.0 Å². The van der Waals surface area contributed by atoms with Crippen molar-refractivity contribution < 1.29 is 18.0 Å². The van der Waals surface area contributed by atoms with E-state index >= 15 is 0 Å². The minimum atomic E-state index is -4.55. The van der Waals surface area contributed by atoms with Crippen LogP contribution in [0.25, 0.3) is 16.9 Å². The lowest BCUT2D eigenvalue weighted by molar-refractivity contribution is -0.137. The summed E-state index contributed by atoms with van der Waals surface area (Å²) in [6.45, 7) is 3.25. The van der Waals surface area contributed by atoms with Crippen molar-refractivity contribution in [1.29, 1.82) is 0 Å². The molecule has 0 amide bonds. The summed E-state index contributed by atoms with van der Waals surface area (Å²) in [6, 6.07) is 7.70. The standard InChI is InChI=1S/C20H18F3N3O2/c1-4-18(27)16-11-15(17-8-9-24-25(17)3)12(2)26(19(16)28)14-7-5-6-13(10-14)20(21,22)23/h5-11H,4H2,1-3H3. The number of ketones is 1. The second kappa shape index (κ2) is 7.10. The summed E-state index contributed by atoms with van der Waals surface area (Å²) in [6.07, 6.45) is -2.88. The molecule has 0 unspecified atom stereocenters. The van der Waals surface area contributed by atoms with Gasteiger partial charge < -0.3 is 0 Å². The number of hydrogen-bond donors (Lipinski definition) is 0. The van der Waals surface area contributed by atoms with Gasteiger partial charge in [-0.1, -0.05) is 13.0 Å². The summed E-state index contributed by atoms with van der Waals surface area (Å²) in [4.78, 5) is 25.3. The minimum absolute atomic E-state index is 0.0477. The minimum Gasteiger partial charge on any atom is -0.294 e. The fourth-order valence-electron chi connectivity index (χ4n) is 3.12. The van der Waals surface area contributed by atoms with Gasteiger partial charge in [-0.05, 0) is 37.3 Å². The van der Waals surface area contributed by atoms with Crippen LogP contribution in [-0.2, 0) is 13.2 Å². The smallest absolute Gasteiger partial charge is 0.294 e. The Labute approximate surface area is 159 Å². The maximum atomic E-state index is 13.1. The first-order chi connectivity index (χ1) is 13.1. The molecule has 0 aliphatic heterocycles. The lowest BCUT2D eigenvalue weighted by Crippen LogP contribution is -2.28. The molecule has 0 saturated heterocycles. The van der Waals surface area contributed by atoms with Crippen molar-refractivity contribution in [3.63, 3.8) is 0 Å². The largest absolute Gasteiger partial charge is 0.416 e. The molecule has 0 spiro atoms. The molecule has 0 fully saturated rings. The van der Waals surface area contributed by atoms with Gasteiger partial charge in [-0.25, -0.2) is 0 Å². The zero-order valence-electron chi connectivity index (χ0n) is 15.5. The molecule has 0 aliphatic rings. The van der Waals surface area contributed by atoms with E-state index in [9.17, 15) is 22.8 Å². The molecule has 3 rings (SSSR count). The van der Waals surface area contributed by atoms with Crippen LogP contribution in [0.1, 0.15) is 35.0 Å². The Morgan fingerprint density at radius 3 is 2.46 bits per heavy atom. The maximum absolute atomic E-state index is 13.1. The summed E-state index contributed by atoms with van der Waals surface area (Å²) in [5.41, 5.74) is 0.0752. The Bertz CT molecular complexity index is 1110. The highest BCUT2D eigenvalue weighted by Crippen LogP contribution is 2.31. The van der Waals surface area contributed by atoms with E-state index in [4.69, 9.17) is 0 Å². The number of carbonyl (C=O) groups is 1. The summed E-state index contributed by atoms with van der Waals surface area (Å²) >= 11 is 0. The third kappa shape index (κ3) is 3.37. The summed E-state index contributed by atoms with van der Waals surface area (Å²) in [5, 5.41) is 4.10. The quantitative estimate of drug-likeness (QED) is 0.630. The number of nitrogens with zero attached hydrogens (tertiary/aromatic N) is 3. The van der Waals surface area contributed by atoms with Gasteiger partial charge >= 0.3 is 6.18 Å². The van der Waals surface area contributed by atoms with Crippen molar-refractivity contribution in [2.24, 2.45) is 7.05 Å². The average Bonchev–Trinajstić information content (AvgIpc) is 3.07. The van der Waals surface area contributed by atoms with Crippen LogP contribution in [0.2, 0.25) is 0 Å². The molecule has 0 radical (unpaired) electrons. The number of pyridine rings is 1. The fourth-order valence-corrected chi connectivity index (χ4v) is 3.12. The molecule has 0 aliphatic carbocycles. The van der Waals surface area contributed by atoms with Crippen molar-refractivity contribution in [1.82, 2.24) is 14.3 Å². The predicted molar refractivity (Wildman–Crippen MR) is 98.6 cm³/mol. The van der Waals surface area contributed by atoms with Gasteiger partial charge in [0.1, 0.15) is 0 Å². The Kier molecular flexibility index (Phi) is 4.97. The SMILES string of the molecule is CCC(=O)c1cc(-c2ccnn2C)c(C)n(-c2cccc(C(F)(F)F)c2)c1=O. The molecule has 0 saturated carbocycles. The first-order valence-electron chi connectivity index (χ1n) is 8.61. The monoisotopic (exact) mass is 389 g/mol. The van der Waals surface area contributed by atoms with Crippen LogP contribution in [0.15, 0.2) is 47.4 Å². The molecule has 0 atom stereocenters. The van der Waals surface area contributed by atoms with Gasteiger partial charge in [0.05, 0.1) is 16.8 Å². The van der Waals surface area contributed by atoms with Crippen molar-refractivity contribution in [2.75, 3.05) is 0 Å². The zero-order valence-corrected chi connectivity index (χ0v) is 15.5. The fraction of sp³-hybridized carbons (Fsp3) is 0.250. The molecule has 0 bridgehead atoms. The number of Topliss-reactive ketones (excluding diaryl/α,β-unsaturated/α-hetero) is 1. The van der Waals surface area contributed by atoms with E-state index in [0.717, 1.165) is 16.7 Å². The molecule has 2 heterocycles. The maximum Gasteiger partial charge on any atom is 0.416 e. The number of carbonyl (C=O) groups excluding carboxylic acids is 1. The number of halogens is 3. The highest BCUT2D eigenvalue weighted by atomic mass is 19.4. The van der Waals surface area contributed by atoms with Crippen LogP contribution in [0, 0.1) is 6.92 Å². The molecule has 8 heteroatoms. The summed E-state index contributed by atoms with van der Waals surface area (Å²) in [7, 11) is 1.70. The Morgan fingerprint density at radius 1 is 1.18 bits per heavy atom. The molecular weight excluding hydrogens is 371 g/mol. The highest BCUT2D eigenvalue weighted by Gasteiger charge is 2.31. The molecule has 5 nitrogen and oxygen atoms in total. The second-order valence-corrected chi connectivity index (χ2v) is 6.36. The molecule has 28 heavy (non-hydrogen) atoms. The van der Waals surface area contributed by atoms with Crippen molar-refractivity contribution in [3.05, 3.63) is 69.8 Å². The topological polar surface area (TPSA) is 56.9 Å². The molecular formula is C20H18F3N3O2. The van der Waals surface area contributed by atoms with Gasteiger partial charge in [0.15, 0.2) is 5.78 Å². The van der Waals surface area contributed by atoms with Crippen molar-refractivity contribution in [3.8, 4) is 16.9 Å². The zero-order chi connectivity index (χ0) is 20.6. The van der Waals surface area contributed by atoms with E-state index in [-0.39, 0.29) is 23.5 Å². The van der Waals surface area contributed by atoms with Gasteiger partial charge in [0, 0.05) is 36.6 Å². The van der Waals surface area contributed by atoms with Gasteiger partial charge in [0.2, 0.25) is 0 Å². The first kappa shape index (κ1) is 19.6. The molecule has 3 aromatic rings. The lowest BCUT2D eigenvalue weighted by Gasteiger charge is -2.17. The van der Waals surface area contributed by atoms with Crippen LogP contribution < -0.4 is 5.56 Å². The van der Waals surface area contributed by atoms with Crippen molar-refractivity contribution in [2.45, 2.75) is 26.4 Å². The van der Waals surface area contributed by atoms with Crippen LogP contribution in [0.5, 0.6) is 0 Å². The normalized spacial score (nSPS) is 11.6. The third-order valence-corrected chi connectivity index (χ3v) is 4.60. The molecule has 0 N–H and O–H groups in total. The number of alkyl halides is 3.